The number of aryl methyl sites for hydroxylation is 1. The van der Waals surface area contributed by atoms with Crippen molar-refractivity contribution in [2.45, 2.75) is 45.9 Å². The molecule has 0 spiro atoms. The summed E-state index contributed by atoms with van der Waals surface area (Å²) < 4.78 is 0. The highest BCUT2D eigenvalue weighted by molar-refractivity contribution is 5.24. The number of aromatic nitrogens is 3. The fourth-order valence-corrected chi connectivity index (χ4v) is 3.30. The molecule has 1 unspecified atom stereocenters. The molecular weight excluding hydrogens is 440 g/mol. The van der Waals surface area contributed by atoms with Crippen LogP contribution < -0.4 is 21.8 Å². The minimum atomic E-state index is -0.312. The van der Waals surface area contributed by atoms with Crippen molar-refractivity contribution >= 4 is 0 Å². The largest absolute Gasteiger partial charge is 0.372 e. The zero-order valence-corrected chi connectivity index (χ0v) is 20.5. The van der Waals surface area contributed by atoms with Gasteiger partial charge in [0.05, 0.1) is 18.4 Å². The van der Waals surface area contributed by atoms with Crippen molar-refractivity contribution in [2.75, 3.05) is 13.1 Å². The third kappa shape index (κ3) is 11.8. The Morgan fingerprint density at radius 3 is 2.63 bits per heavy atom. The van der Waals surface area contributed by atoms with E-state index in [4.69, 9.17) is 16.0 Å². The first kappa shape index (κ1) is 27.5. The van der Waals surface area contributed by atoms with Crippen LogP contribution in [0.2, 0.25) is 0 Å². The lowest BCUT2D eigenvalue weighted by Gasteiger charge is -2.21. The summed E-state index contributed by atoms with van der Waals surface area (Å²) in [6.45, 7) is 6.01. The van der Waals surface area contributed by atoms with Crippen LogP contribution >= 0.6 is 0 Å². The van der Waals surface area contributed by atoms with Gasteiger partial charge in [0.2, 0.25) is 0 Å². The molecule has 0 bridgehead atoms. The topological polar surface area (TPSA) is 137 Å². The molecule has 0 saturated carbocycles. The summed E-state index contributed by atoms with van der Waals surface area (Å²) in [5, 5.41) is 24.5. The Hall–Kier alpha value is -3.71. The molecule has 3 aromatic rings. The van der Waals surface area contributed by atoms with Gasteiger partial charge in [-0.3, -0.25) is 9.94 Å². The zero-order valence-electron chi connectivity index (χ0n) is 20.5. The lowest BCUT2D eigenvalue weighted by molar-refractivity contribution is 0.0351. The Balaban J connectivity index is 0.000000764. The molecule has 0 aliphatic rings. The van der Waals surface area contributed by atoms with Crippen molar-refractivity contribution in [3.63, 3.8) is 0 Å². The van der Waals surface area contributed by atoms with E-state index in [9.17, 15) is 0 Å². The van der Waals surface area contributed by atoms with Gasteiger partial charge in [0.15, 0.2) is 6.23 Å². The van der Waals surface area contributed by atoms with E-state index in [0.717, 1.165) is 25.2 Å². The number of aromatic amines is 1. The van der Waals surface area contributed by atoms with Crippen LogP contribution in [0.4, 0.5) is 0 Å². The smallest absolute Gasteiger partial charge is 0.153 e. The number of nitrogens with zero attached hydrogens (tertiary/aromatic N) is 3. The molecule has 35 heavy (non-hydrogen) atoms. The molecule has 0 aliphatic heterocycles. The number of rotatable bonds is 13. The van der Waals surface area contributed by atoms with Gasteiger partial charge in [-0.25, -0.2) is 10.9 Å². The van der Waals surface area contributed by atoms with E-state index in [-0.39, 0.29) is 6.23 Å². The predicted molar refractivity (Wildman–Crippen MR) is 137 cm³/mol. The minimum Gasteiger partial charge on any atom is -0.372 e. The van der Waals surface area contributed by atoms with Crippen LogP contribution in [0.1, 0.15) is 35.6 Å². The summed E-state index contributed by atoms with van der Waals surface area (Å²) in [5.74, 6) is 6.46. The Morgan fingerprint density at radius 2 is 2.00 bits per heavy atom. The summed E-state index contributed by atoms with van der Waals surface area (Å²) in [6, 6.07) is 18.9. The number of nitrogens with one attached hydrogen (secondary N) is 4. The fraction of sp³-hybridized carbons (Fsp3) is 0.346. The van der Waals surface area contributed by atoms with Crippen molar-refractivity contribution in [3.05, 3.63) is 95.3 Å². The molecule has 3 rings (SSSR count). The van der Waals surface area contributed by atoms with E-state index in [0.29, 0.717) is 19.5 Å². The number of allylic oxidation sites excluding steroid dienone is 1. The monoisotopic (exact) mass is 476 g/mol. The highest BCUT2D eigenvalue weighted by atomic mass is 16.6. The molecule has 1 atom stereocenters. The summed E-state index contributed by atoms with van der Waals surface area (Å²) >= 11 is 0. The average Bonchev–Trinajstić information content (AvgIpc) is 3.46. The van der Waals surface area contributed by atoms with Crippen molar-refractivity contribution in [1.82, 2.24) is 31.1 Å². The third-order valence-electron chi connectivity index (χ3n) is 5.02. The molecule has 0 aliphatic carbocycles. The van der Waals surface area contributed by atoms with Crippen LogP contribution in [0.15, 0.2) is 73.1 Å². The Labute approximate surface area is 207 Å². The van der Waals surface area contributed by atoms with Crippen molar-refractivity contribution < 1.29 is 4.84 Å². The van der Waals surface area contributed by atoms with Gasteiger partial charge in [0.25, 0.3) is 0 Å². The average molecular weight is 477 g/mol. The molecule has 6 N–H and O–H groups in total. The standard InChI is InChI=1S/C24H33N5O.C2H3N3/c1-3-5-23(29-24(30-26)17-21-10-8-19(2)9-11-21)28-14-12-20-6-4-7-22(16-20)18-27-15-13-25;1-3-2-5-4-1/h4-11,16,24,27-29H,3,12,14-15,17-18,26H2,1-2H3;1-2H,(H,3,4,5)/b23-5+;. The molecular formula is C26H36N8O. The van der Waals surface area contributed by atoms with Crippen LogP contribution in [0.25, 0.3) is 0 Å². The number of nitrogens with two attached hydrogens (primary N) is 1. The molecule has 2 aromatic carbocycles. The molecule has 0 saturated heterocycles. The Kier molecular flexibility index (Phi) is 13.2. The fourth-order valence-electron chi connectivity index (χ4n) is 3.30. The van der Waals surface area contributed by atoms with Crippen LogP contribution in [0.3, 0.4) is 0 Å². The van der Waals surface area contributed by atoms with Crippen molar-refractivity contribution in [2.24, 2.45) is 5.90 Å². The first-order chi connectivity index (χ1) is 17.1. The maximum absolute atomic E-state index is 8.64. The third-order valence-corrected chi connectivity index (χ3v) is 5.02. The highest BCUT2D eigenvalue weighted by Gasteiger charge is 2.10. The molecule has 0 amide bonds. The second-order valence-corrected chi connectivity index (χ2v) is 7.90. The van der Waals surface area contributed by atoms with E-state index < -0.39 is 0 Å². The van der Waals surface area contributed by atoms with Gasteiger partial charge in [0.1, 0.15) is 12.7 Å². The van der Waals surface area contributed by atoms with Crippen molar-refractivity contribution in [1.29, 1.82) is 5.26 Å². The SMILES string of the molecule is CC/C=C(\NCCc1cccc(CNCC#N)c1)NC(Cc1ccc(C)cc1)ON.c1nc[nH]n1. The Morgan fingerprint density at radius 1 is 1.20 bits per heavy atom. The van der Waals surface area contributed by atoms with Crippen LogP contribution in [0, 0.1) is 18.3 Å². The van der Waals surface area contributed by atoms with Crippen molar-refractivity contribution in [3.8, 4) is 6.07 Å². The van der Waals surface area contributed by atoms with Crippen LogP contribution in [-0.4, -0.2) is 34.5 Å². The van der Waals surface area contributed by atoms with Gasteiger partial charge in [0, 0.05) is 19.5 Å². The van der Waals surface area contributed by atoms with E-state index in [2.05, 4.69) is 106 Å². The highest BCUT2D eigenvalue weighted by Crippen LogP contribution is 2.08. The predicted octanol–water partition coefficient (Wildman–Crippen LogP) is 2.85. The van der Waals surface area contributed by atoms with E-state index >= 15 is 0 Å². The zero-order chi connectivity index (χ0) is 25.1. The summed E-state index contributed by atoms with van der Waals surface area (Å²) in [6.07, 6.45) is 7.21. The van der Waals surface area contributed by atoms with Crippen LogP contribution in [0.5, 0.6) is 0 Å². The van der Waals surface area contributed by atoms with Gasteiger partial charge in [-0.1, -0.05) is 61.0 Å². The normalized spacial score (nSPS) is 11.7. The summed E-state index contributed by atoms with van der Waals surface area (Å²) in [4.78, 5) is 8.72. The first-order valence-corrected chi connectivity index (χ1v) is 11.7. The molecule has 9 nitrogen and oxygen atoms in total. The maximum atomic E-state index is 8.64. The number of nitriles is 1. The summed E-state index contributed by atoms with van der Waals surface area (Å²) in [5.41, 5.74) is 4.83. The molecule has 1 aromatic heterocycles. The number of H-pyrrole nitrogens is 1. The second kappa shape index (κ2) is 16.8. The summed E-state index contributed by atoms with van der Waals surface area (Å²) in [7, 11) is 0. The number of hydrogen-bond acceptors (Lipinski definition) is 8. The van der Waals surface area contributed by atoms with E-state index in [1.807, 2.05) is 0 Å². The molecule has 0 radical (unpaired) electrons. The van der Waals surface area contributed by atoms with Gasteiger partial charge >= 0.3 is 0 Å². The molecule has 9 heteroatoms. The minimum absolute atomic E-state index is 0.312. The molecule has 0 fully saturated rings. The lowest BCUT2D eigenvalue weighted by Crippen LogP contribution is -2.40. The second-order valence-electron chi connectivity index (χ2n) is 7.90. The quantitative estimate of drug-likeness (QED) is 0.110. The number of hydrogen-bond donors (Lipinski definition) is 5. The maximum Gasteiger partial charge on any atom is 0.153 e. The van der Waals surface area contributed by atoms with Crippen LogP contribution in [-0.2, 0) is 24.2 Å². The molecule has 186 valence electrons. The molecule has 1 heterocycles. The van der Waals surface area contributed by atoms with Gasteiger partial charge < -0.3 is 16.0 Å². The lowest BCUT2D eigenvalue weighted by atomic mass is 10.1. The Bertz CT molecular complexity index is 995. The number of benzene rings is 2. The van der Waals surface area contributed by atoms with E-state index in [1.165, 1.54) is 34.9 Å². The van der Waals surface area contributed by atoms with Gasteiger partial charge in [-0.15, -0.1) is 0 Å². The van der Waals surface area contributed by atoms with Gasteiger partial charge in [-0.05, 0) is 42.5 Å². The van der Waals surface area contributed by atoms with Gasteiger partial charge in [-0.2, -0.15) is 10.4 Å². The first-order valence-electron chi connectivity index (χ1n) is 11.7. The van der Waals surface area contributed by atoms with E-state index in [1.54, 1.807) is 0 Å².